The average Bonchev–Trinajstić information content (AvgIpc) is 2.44. The lowest BCUT2D eigenvalue weighted by molar-refractivity contribution is 0.354. The van der Waals surface area contributed by atoms with Gasteiger partial charge < -0.3 is 9.47 Å². The Kier molecular flexibility index (Phi) is 3.80. The van der Waals surface area contributed by atoms with Gasteiger partial charge in [-0.1, -0.05) is 11.6 Å². The van der Waals surface area contributed by atoms with Gasteiger partial charge >= 0.3 is 5.69 Å². The average molecular weight is 301 g/mol. The molecule has 0 saturated carbocycles. The molecule has 1 aromatic carbocycles. The minimum Gasteiger partial charge on any atom is -0.493 e. The van der Waals surface area contributed by atoms with Gasteiger partial charge in [0.15, 0.2) is 16.7 Å². The quantitative estimate of drug-likeness (QED) is 0.868. The van der Waals surface area contributed by atoms with Crippen molar-refractivity contribution in [2.75, 3.05) is 14.2 Å². The van der Waals surface area contributed by atoms with Crippen LogP contribution in [0, 0.1) is 5.82 Å². The third-order valence-electron chi connectivity index (χ3n) is 2.63. The topological polar surface area (TPSA) is 73.3 Å². The maximum Gasteiger partial charge on any atom is 0.334 e. The van der Waals surface area contributed by atoms with Crippen molar-refractivity contribution in [3.05, 3.63) is 50.0 Å². The second kappa shape index (κ2) is 5.38. The van der Waals surface area contributed by atoms with E-state index < -0.39 is 22.2 Å². The predicted octanol–water partition coefficient (Wildman–Crippen LogP) is 1.34. The molecule has 0 aliphatic heterocycles. The van der Waals surface area contributed by atoms with E-state index in [0.29, 0.717) is 16.1 Å². The lowest BCUT2D eigenvalue weighted by atomic mass is 10.2. The van der Waals surface area contributed by atoms with Gasteiger partial charge in [-0.15, -0.1) is 0 Å². The normalized spacial score (nSPS) is 10.4. The molecule has 8 heteroatoms. The van der Waals surface area contributed by atoms with E-state index in [2.05, 4.69) is 0 Å². The van der Waals surface area contributed by atoms with Crippen molar-refractivity contribution >= 4 is 11.6 Å². The van der Waals surface area contributed by atoms with Crippen molar-refractivity contribution in [1.82, 2.24) is 9.55 Å². The molecule has 106 valence electrons. The monoisotopic (exact) mass is 300 g/mol. The molecular weight excluding hydrogens is 291 g/mol. The maximum absolute atomic E-state index is 13.5. The predicted molar refractivity (Wildman–Crippen MR) is 70.7 cm³/mol. The Bertz CT molecular complexity index is 769. The van der Waals surface area contributed by atoms with E-state index in [1.807, 2.05) is 4.98 Å². The van der Waals surface area contributed by atoms with Crippen LogP contribution in [0.4, 0.5) is 4.39 Å². The zero-order valence-corrected chi connectivity index (χ0v) is 11.3. The summed E-state index contributed by atoms with van der Waals surface area (Å²) in [4.78, 5) is 25.6. The van der Waals surface area contributed by atoms with Gasteiger partial charge in [0.25, 0.3) is 5.56 Å². The van der Waals surface area contributed by atoms with Crippen LogP contribution in [0.2, 0.25) is 5.15 Å². The number of nitrogens with zero attached hydrogens (tertiary/aromatic N) is 1. The van der Waals surface area contributed by atoms with E-state index in [1.54, 1.807) is 0 Å². The van der Waals surface area contributed by atoms with Crippen LogP contribution in [0.1, 0.15) is 0 Å². The van der Waals surface area contributed by atoms with Crippen LogP contribution < -0.4 is 20.7 Å². The lowest BCUT2D eigenvalue weighted by Gasteiger charge is -2.10. The second-order valence-corrected chi connectivity index (χ2v) is 4.12. The molecule has 0 aliphatic rings. The van der Waals surface area contributed by atoms with E-state index >= 15 is 0 Å². The van der Waals surface area contributed by atoms with E-state index in [-0.39, 0.29) is 5.69 Å². The number of halogens is 2. The molecule has 0 fully saturated rings. The van der Waals surface area contributed by atoms with Crippen LogP contribution in [-0.2, 0) is 0 Å². The van der Waals surface area contributed by atoms with Gasteiger partial charge in [-0.25, -0.2) is 9.36 Å². The fourth-order valence-electron chi connectivity index (χ4n) is 1.69. The van der Waals surface area contributed by atoms with Gasteiger partial charge in [0.2, 0.25) is 5.82 Å². The number of benzene rings is 1. The lowest BCUT2D eigenvalue weighted by Crippen LogP contribution is -2.35. The molecule has 0 aliphatic carbocycles. The molecule has 0 atom stereocenters. The fourth-order valence-corrected chi connectivity index (χ4v) is 1.85. The molecule has 1 aromatic heterocycles. The Hall–Kier alpha value is -2.28. The molecular formula is C12H10ClFN2O4. The summed E-state index contributed by atoms with van der Waals surface area (Å²) in [7, 11) is 2.84. The van der Waals surface area contributed by atoms with Crippen molar-refractivity contribution in [2.24, 2.45) is 0 Å². The summed E-state index contributed by atoms with van der Waals surface area (Å²) in [6.07, 6.45) is 0. The molecule has 0 spiro atoms. The highest BCUT2D eigenvalue weighted by Crippen LogP contribution is 2.28. The molecule has 0 bridgehead atoms. The van der Waals surface area contributed by atoms with Crippen LogP contribution in [0.25, 0.3) is 5.69 Å². The molecule has 0 radical (unpaired) electrons. The van der Waals surface area contributed by atoms with Crippen LogP contribution in [0.3, 0.4) is 0 Å². The molecule has 0 unspecified atom stereocenters. The first-order valence-corrected chi connectivity index (χ1v) is 5.80. The summed E-state index contributed by atoms with van der Waals surface area (Å²) >= 11 is 5.40. The Morgan fingerprint density at radius 1 is 1.20 bits per heavy atom. The Morgan fingerprint density at radius 2 is 1.85 bits per heavy atom. The third kappa shape index (κ3) is 2.27. The number of aromatic nitrogens is 2. The van der Waals surface area contributed by atoms with Crippen molar-refractivity contribution < 1.29 is 13.9 Å². The first-order valence-electron chi connectivity index (χ1n) is 5.42. The van der Waals surface area contributed by atoms with Crippen molar-refractivity contribution in [3.8, 4) is 17.2 Å². The Labute approximate surface area is 117 Å². The zero-order valence-electron chi connectivity index (χ0n) is 10.6. The number of hydrogen-bond donors (Lipinski definition) is 1. The number of aromatic amines is 1. The summed E-state index contributed by atoms with van der Waals surface area (Å²) < 4.78 is 24.2. The highest BCUT2D eigenvalue weighted by molar-refractivity contribution is 6.29. The molecule has 6 nitrogen and oxygen atoms in total. The fraction of sp³-hybridized carbons (Fsp3) is 0.167. The van der Waals surface area contributed by atoms with Gasteiger partial charge in [0.1, 0.15) is 0 Å². The summed E-state index contributed by atoms with van der Waals surface area (Å²) in [6.45, 7) is 0. The van der Waals surface area contributed by atoms with Gasteiger partial charge in [-0.3, -0.25) is 9.78 Å². The van der Waals surface area contributed by atoms with Crippen LogP contribution in [0.5, 0.6) is 11.5 Å². The molecule has 0 saturated heterocycles. The van der Waals surface area contributed by atoms with Crippen LogP contribution in [-0.4, -0.2) is 23.8 Å². The summed E-state index contributed by atoms with van der Waals surface area (Å²) in [6, 6.07) is 4.29. The van der Waals surface area contributed by atoms with Crippen molar-refractivity contribution in [3.63, 3.8) is 0 Å². The Balaban J connectivity index is 2.73. The number of nitrogens with one attached hydrogen (secondary N) is 1. The number of ether oxygens (including phenoxy) is 2. The van der Waals surface area contributed by atoms with Crippen LogP contribution >= 0.6 is 11.6 Å². The summed E-state index contributed by atoms with van der Waals surface area (Å²) in [5, 5.41) is -0.628. The van der Waals surface area contributed by atoms with Gasteiger partial charge in [0, 0.05) is 6.07 Å². The molecule has 0 amide bonds. The summed E-state index contributed by atoms with van der Waals surface area (Å²) in [5.41, 5.74) is -1.87. The maximum atomic E-state index is 13.5. The minimum atomic E-state index is -1.24. The first-order chi connectivity index (χ1) is 9.49. The van der Waals surface area contributed by atoms with E-state index in [4.69, 9.17) is 21.1 Å². The third-order valence-corrected chi connectivity index (χ3v) is 2.89. The minimum absolute atomic E-state index is 0.129. The van der Waals surface area contributed by atoms with Gasteiger partial charge in [0.05, 0.1) is 19.9 Å². The largest absolute Gasteiger partial charge is 0.493 e. The summed E-state index contributed by atoms with van der Waals surface area (Å²) in [5.74, 6) is -0.525. The standard InChI is InChI=1S/C12H10ClFN2O4/c1-19-7-4-3-6(5-8(7)20-2)16-11(17)9(14)10(13)15-12(16)18/h3-5H,1-2H3,(H,15,18). The first kappa shape index (κ1) is 14.1. The number of H-pyrrole nitrogens is 1. The van der Waals surface area contributed by atoms with Gasteiger partial charge in [-0.2, -0.15) is 4.39 Å². The van der Waals surface area contributed by atoms with E-state index in [9.17, 15) is 14.0 Å². The molecule has 1 N–H and O–H groups in total. The molecule has 1 heterocycles. The zero-order chi connectivity index (χ0) is 14.9. The van der Waals surface area contributed by atoms with Crippen molar-refractivity contribution in [2.45, 2.75) is 0 Å². The van der Waals surface area contributed by atoms with E-state index in [1.165, 1.54) is 32.4 Å². The molecule has 20 heavy (non-hydrogen) atoms. The highest BCUT2D eigenvalue weighted by Gasteiger charge is 2.15. The van der Waals surface area contributed by atoms with Gasteiger partial charge in [-0.05, 0) is 12.1 Å². The van der Waals surface area contributed by atoms with Crippen LogP contribution in [0.15, 0.2) is 27.8 Å². The smallest absolute Gasteiger partial charge is 0.334 e. The number of hydrogen-bond acceptors (Lipinski definition) is 4. The SMILES string of the molecule is COc1ccc(-n2c(=O)[nH]c(Cl)c(F)c2=O)cc1OC. The highest BCUT2D eigenvalue weighted by atomic mass is 35.5. The molecule has 2 rings (SSSR count). The van der Waals surface area contributed by atoms with E-state index in [0.717, 1.165) is 0 Å². The van der Waals surface area contributed by atoms with Crippen molar-refractivity contribution in [1.29, 1.82) is 0 Å². The second-order valence-electron chi connectivity index (χ2n) is 3.74. The number of methoxy groups -OCH3 is 2. The Morgan fingerprint density at radius 3 is 2.45 bits per heavy atom. The molecule has 2 aromatic rings. The number of rotatable bonds is 3.